The molecule has 0 radical (unpaired) electrons. The van der Waals surface area contributed by atoms with Gasteiger partial charge in [-0.15, -0.1) is 11.8 Å². The number of morpholine rings is 1. The molecule has 11 nitrogen and oxygen atoms in total. The third-order valence-corrected chi connectivity index (χ3v) is 8.43. The van der Waals surface area contributed by atoms with Crippen LogP contribution in [0.3, 0.4) is 0 Å². The fourth-order valence-corrected chi connectivity index (χ4v) is 6.00. The highest BCUT2D eigenvalue weighted by atomic mass is 35.5. The molecule has 2 aromatic rings. The van der Waals surface area contributed by atoms with Gasteiger partial charge in [-0.2, -0.15) is 0 Å². The summed E-state index contributed by atoms with van der Waals surface area (Å²) in [6, 6.07) is 10.3. The lowest BCUT2D eigenvalue weighted by Crippen LogP contribution is -2.54. The van der Waals surface area contributed by atoms with Gasteiger partial charge in [-0.25, -0.2) is 10.3 Å². The summed E-state index contributed by atoms with van der Waals surface area (Å²) in [5.41, 5.74) is 2.99. The Bertz CT molecular complexity index is 1180. The van der Waals surface area contributed by atoms with Gasteiger partial charge in [0.1, 0.15) is 31.0 Å². The zero-order valence-electron chi connectivity index (χ0n) is 22.2. The maximum Gasteiger partial charge on any atom is 0.411 e. The summed E-state index contributed by atoms with van der Waals surface area (Å²) in [5, 5.41) is 13.0. The average molecular weight is 628 g/mol. The topological polar surface area (TPSA) is 130 Å². The second-order valence-electron chi connectivity index (χ2n) is 9.43. The molecule has 3 amide bonds. The molecule has 0 spiro atoms. The van der Waals surface area contributed by atoms with E-state index >= 15 is 0 Å². The van der Waals surface area contributed by atoms with Crippen molar-refractivity contribution in [2.45, 2.75) is 25.1 Å². The van der Waals surface area contributed by atoms with E-state index in [0.717, 1.165) is 13.1 Å². The quantitative estimate of drug-likeness (QED) is 0.255. The molecule has 2 aliphatic rings. The lowest BCUT2D eigenvalue weighted by molar-refractivity contribution is -0.135. The van der Waals surface area contributed by atoms with Crippen molar-refractivity contribution in [3.05, 3.63) is 63.6 Å². The monoisotopic (exact) mass is 626 g/mol. The standard InChI is InChI=1S/C27H32Cl2N4O7S/c28-21-2-1-3-22(29)20(21)15-40-19-6-4-18(5-7-19)14-23(25(34)31-37)30-26(35)24-16-41-17-33(24)27(36)39-13-10-32-8-11-38-12-9-32/h1-7,23-24,37H,8-17H2,(H,30,35)(H,31,34). The lowest BCUT2D eigenvalue weighted by atomic mass is 10.0. The number of hydrogen-bond acceptors (Lipinski definition) is 9. The Labute approximate surface area is 252 Å². The van der Waals surface area contributed by atoms with E-state index in [1.807, 2.05) is 0 Å². The molecule has 0 saturated carbocycles. The maximum absolute atomic E-state index is 13.1. The average Bonchev–Trinajstić information content (AvgIpc) is 3.48. The number of nitrogens with one attached hydrogen (secondary N) is 2. The van der Waals surface area contributed by atoms with Crippen LogP contribution in [-0.2, 0) is 32.1 Å². The first-order chi connectivity index (χ1) is 19.9. The second kappa shape index (κ2) is 15.5. The van der Waals surface area contributed by atoms with Crippen molar-refractivity contribution in [1.29, 1.82) is 0 Å². The number of benzene rings is 2. The molecule has 0 aromatic heterocycles. The van der Waals surface area contributed by atoms with E-state index in [-0.39, 0.29) is 19.6 Å². The Hall–Kier alpha value is -2.74. The molecular weight excluding hydrogens is 595 g/mol. The number of carbonyl (C=O) groups is 3. The number of amides is 3. The summed E-state index contributed by atoms with van der Waals surface area (Å²) in [6.07, 6.45) is -0.487. The summed E-state index contributed by atoms with van der Waals surface area (Å²) in [6.45, 7) is 3.83. The van der Waals surface area contributed by atoms with Crippen molar-refractivity contribution in [3.63, 3.8) is 0 Å². The Morgan fingerprint density at radius 1 is 1.10 bits per heavy atom. The van der Waals surface area contributed by atoms with Crippen LogP contribution in [0.4, 0.5) is 4.79 Å². The smallest absolute Gasteiger partial charge is 0.411 e. The largest absolute Gasteiger partial charge is 0.489 e. The number of rotatable bonds is 11. The molecule has 2 aliphatic heterocycles. The molecule has 2 fully saturated rings. The molecule has 4 rings (SSSR count). The summed E-state index contributed by atoms with van der Waals surface area (Å²) < 4.78 is 16.5. The Morgan fingerprint density at radius 2 is 1.80 bits per heavy atom. The number of nitrogens with zero attached hydrogens (tertiary/aromatic N) is 2. The molecule has 222 valence electrons. The molecule has 2 unspecified atom stereocenters. The molecule has 2 aromatic carbocycles. The Kier molecular flexibility index (Phi) is 11.8. The van der Waals surface area contributed by atoms with Gasteiger partial charge in [0.15, 0.2) is 0 Å². The van der Waals surface area contributed by atoms with Crippen LogP contribution >= 0.6 is 35.0 Å². The second-order valence-corrected chi connectivity index (χ2v) is 11.2. The highest BCUT2D eigenvalue weighted by molar-refractivity contribution is 7.99. The van der Waals surface area contributed by atoms with E-state index in [1.165, 1.54) is 16.7 Å². The van der Waals surface area contributed by atoms with Gasteiger partial charge in [-0.3, -0.25) is 24.6 Å². The summed E-state index contributed by atoms with van der Waals surface area (Å²) in [4.78, 5) is 41.7. The van der Waals surface area contributed by atoms with Gasteiger partial charge in [0.05, 0.1) is 19.1 Å². The van der Waals surface area contributed by atoms with Crippen LogP contribution in [0.2, 0.25) is 10.0 Å². The molecule has 3 N–H and O–H groups in total. The normalized spacial score (nSPS) is 18.0. The van der Waals surface area contributed by atoms with Crippen LogP contribution in [0.1, 0.15) is 11.1 Å². The van der Waals surface area contributed by atoms with E-state index in [2.05, 4.69) is 10.2 Å². The van der Waals surface area contributed by atoms with E-state index in [9.17, 15) is 19.6 Å². The van der Waals surface area contributed by atoms with Crippen LogP contribution in [0, 0.1) is 0 Å². The Balaban J connectivity index is 1.30. The molecule has 41 heavy (non-hydrogen) atoms. The van der Waals surface area contributed by atoms with Gasteiger partial charge in [0.2, 0.25) is 5.91 Å². The third-order valence-electron chi connectivity index (χ3n) is 6.71. The zero-order chi connectivity index (χ0) is 29.2. The summed E-state index contributed by atoms with van der Waals surface area (Å²) in [5.74, 6) is -0.0729. The van der Waals surface area contributed by atoms with Crippen molar-refractivity contribution in [3.8, 4) is 5.75 Å². The minimum absolute atomic E-state index is 0.0958. The number of hydrogen-bond donors (Lipinski definition) is 3. The van der Waals surface area contributed by atoms with Gasteiger partial charge in [0.25, 0.3) is 5.91 Å². The molecule has 14 heteroatoms. The predicted molar refractivity (Wildman–Crippen MR) is 154 cm³/mol. The summed E-state index contributed by atoms with van der Waals surface area (Å²) in [7, 11) is 0. The molecule has 0 bridgehead atoms. The van der Waals surface area contributed by atoms with Crippen molar-refractivity contribution < 1.29 is 33.8 Å². The van der Waals surface area contributed by atoms with Crippen molar-refractivity contribution in [2.75, 3.05) is 51.1 Å². The van der Waals surface area contributed by atoms with E-state index in [1.54, 1.807) is 47.9 Å². The van der Waals surface area contributed by atoms with Crippen molar-refractivity contribution in [2.24, 2.45) is 0 Å². The fraction of sp³-hybridized carbons (Fsp3) is 0.444. The molecule has 0 aliphatic carbocycles. The van der Waals surface area contributed by atoms with Gasteiger partial charge < -0.3 is 19.5 Å². The highest BCUT2D eigenvalue weighted by Crippen LogP contribution is 2.26. The molecule has 2 heterocycles. The zero-order valence-corrected chi connectivity index (χ0v) is 24.6. The Morgan fingerprint density at radius 3 is 2.49 bits per heavy atom. The SMILES string of the molecule is O=C(NO)C(Cc1ccc(OCc2c(Cl)cccc2Cl)cc1)NC(=O)C1CSCN1C(=O)OCCN1CCOCC1. The van der Waals surface area contributed by atoms with Crippen LogP contribution < -0.4 is 15.5 Å². The van der Waals surface area contributed by atoms with Crippen molar-refractivity contribution in [1.82, 2.24) is 20.6 Å². The molecular formula is C27H32Cl2N4O7S. The van der Waals surface area contributed by atoms with Crippen LogP contribution in [-0.4, -0.2) is 96.1 Å². The number of carbonyl (C=O) groups excluding carboxylic acids is 3. The van der Waals surface area contributed by atoms with Crippen LogP contribution in [0.15, 0.2) is 42.5 Å². The van der Waals surface area contributed by atoms with Gasteiger partial charge in [-0.1, -0.05) is 41.4 Å². The van der Waals surface area contributed by atoms with Gasteiger partial charge in [-0.05, 0) is 29.8 Å². The van der Waals surface area contributed by atoms with Gasteiger partial charge in [0, 0.05) is 47.4 Å². The van der Waals surface area contributed by atoms with E-state index in [4.69, 9.17) is 37.4 Å². The van der Waals surface area contributed by atoms with Crippen LogP contribution in [0.5, 0.6) is 5.75 Å². The maximum atomic E-state index is 13.1. The van der Waals surface area contributed by atoms with Gasteiger partial charge >= 0.3 is 6.09 Å². The highest BCUT2D eigenvalue weighted by Gasteiger charge is 2.37. The first-order valence-corrected chi connectivity index (χ1v) is 15.0. The molecule has 2 saturated heterocycles. The lowest BCUT2D eigenvalue weighted by Gasteiger charge is -2.27. The number of ether oxygens (including phenoxy) is 3. The molecule has 2 atom stereocenters. The van der Waals surface area contributed by atoms with Crippen LogP contribution in [0.25, 0.3) is 0 Å². The minimum atomic E-state index is -1.08. The predicted octanol–water partition coefficient (Wildman–Crippen LogP) is 2.95. The first kappa shape index (κ1) is 31.2. The third kappa shape index (κ3) is 8.87. The first-order valence-electron chi connectivity index (χ1n) is 13.1. The number of thioether (sulfide) groups is 1. The van der Waals surface area contributed by atoms with E-state index in [0.29, 0.717) is 58.3 Å². The number of hydroxylamine groups is 1. The minimum Gasteiger partial charge on any atom is -0.489 e. The number of halogens is 2. The van der Waals surface area contributed by atoms with E-state index < -0.39 is 30.0 Å². The fourth-order valence-electron chi connectivity index (χ4n) is 4.35. The van der Waals surface area contributed by atoms with Crippen molar-refractivity contribution >= 4 is 52.9 Å². The summed E-state index contributed by atoms with van der Waals surface area (Å²) >= 11 is 13.8.